The number of aliphatic hydroxyl groups excluding tert-OH is 1. The van der Waals surface area contributed by atoms with Gasteiger partial charge in [0, 0.05) is 30.3 Å². The van der Waals surface area contributed by atoms with Gasteiger partial charge in [-0.3, -0.25) is 13.9 Å². The van der Waals surface area contributed by atoms with Crippen molar-refractivity contribution in [2.75, 3.05) is 12.4 Å². The summed E-state index contributed by atoms with van der Waals surface area (Å²) in [6, 6.07) is 7.38. The van der Waals surface area contributed by atoms with Crippen molar-refractivity contribution in [2.45, 2.75) is 57.4 Å². The van der Waals surface area contributed by atoms with Crippen LogP contribution >= 0.6 is 23.4 Å². The van der Waals surface area contributed by atoms with Gasteiger partial charge in [-0.1, -0.05) is 50.6 Å². The average molecular weight is 493 g/mol. The molecule has 0 spiro atoms. The molecule has 1 aromatic carbocycles. The SMILES string of the molecule is CCCn1c(=O)n(C)c(=O)c2c(SC[C@@H](O)COCc3ccccc3Cl)nc(C(C)C)nc21. The quantitative estimate of drug-likeness (QED) is 0.342. The molecule has 0 bridgehead atoms. The third-order valence-electron chi connectivity index (χ3n) is 5.07. The number of nitrogens with zero attached hydrogens (tertiary/aromatic N) is 4. The van der Waals surface area contributed by atoms with Crippen LogP contribution in [-0.4, -0.2) is 42.7 Å². The van der Waals surface area contributed by atoms with Crippen molar-refractivity contribution in [1.82, 2.24) is 19.1 Å². The van der Waals surface area contributed by atoms with E-state index in [4.69, 9.17) is 16.3 Å². The summed E-state index contributed by atoms with van der Waals surface area (Å²) in [5.74, 6) is 0.821. The highest BCUT2D eigenvalue weighted by Gasteiger charge is 2.20. The summed E-state index contributed by atoms with van der Waals surface area (Å²) in [5.41, 5.74) is 0.353. The molecule has 0 radical (unpaired) electrons. The lowest BCUT2D eigenvalue weighted by Crippen LogP contribution is -2.39. The Morgan fingerprint density at radius 3 is 2.61 bits per heavy atom. The molecule has 10 heteroatoms. The first-order valence-electron chi connectivity index (χ1n) is 10.9. The number of hydrogen-bond acceptors (Lipinski definition) is 7. The molecule has 0 unspecified atom stereocenters. The van der Waals surface area contributed by atoms with Gasteiger partial charge in [-0.05, 0) is 18.1 Å². The van der Waals surface area contributed by atoms with Crippen molar-refractivity contribution < 1.29 is 9.84 Å². The summed E-state index contributed by atoms with van der Waals surface area (Å²) in [4.78, 5) is 34.8. The Kier molecular flexibility index (Phi) is 8.69. The zero-order chi connectivity index (χ0) is 24.1. The number of ether oxygens (including phenoxy) is 1. The van der Waals surface area contributed by atoms with Crippen LogP contribution in [0.3, 0.4) is 0 Å². The summed E-state index contributed by atoms with van der Waals surface area (Å²) >= 11 is 7.39. The van der Waals surface area contributed by atoms with Gasteiger partial charge >= 0.3 is 5.69 Å². The number of aryl methyl sites for hydroxylation is 1. The Labute approximate surface area is 201 Å². The number of rotatable bonds is 10. The molecule has 178 valence electrons. The zero-order valence-corrected chi connectivity index (χ0v) is 20.8. The molecular formula is C23H29ClN4O4S. The van der Waals surface area contributed by atoms with Crippen LogP contribution < -0.4 is 11.2 Å². The first-order chi connectivity index (χ1) is 15.7. The van der Waals surface area contributed by atoms with E-state index in [-0.39, 0.29) is 18.3 Å². The molecule has 0 aliphatic carbocycles. The van der Waals surface area contributed by atoms with Gasteiger partial charge in [0.15, 0.2) is 5.65 Å². The van der Waals surface area contributed by atoms with Crippen molar-refractivity contribution in [3.8, 4) is 0 Å². The van der Waals surface area contributed by atoms with E-state index >= 15 is 0 Å². The average Bonchev–Trinajstić information content (AvgIpc) is 2.79. The summed E-state index contributed by atoms with van der Waals surface area (Å²) in [7, 11) is 1.46. The number of thioether (sulfide) groups is 1. The first-order valence-corrected chi connectivity index (χ1v) is 12.2. The Bertz CT molecular complexity index is 1240. The lowest BCUT2D eigenvalue weighted by Gasteiger charge is -2.16. The van der Waals surface area contributed by atoms with Crippen molar-refractivity contribution in [3.63, 3.8) is 0 Å². The molecule has 2 aromatic heterocycles. The van der Waals surface area contributed by atoms with Crippen LogP contribution in [0.5, 0.6) is 0 Å². The van der Waals surface area contributed by atoms with Crippen LogP contribution in [0.1, 0.15) is 44.5 Å². The fraction of sp³-hybridized carbons (Fsp3) is 0.478. The Balaban J connectivity index is 1.85. The number of halogens is 1. The first kappa shape index (κ1) is 25.4. The van der Waals surface area contributed by atoms with Gasteiger partial charge in [0.05, 0.1) is 19.3 Å². The molecule has 0 saturated carbocycles. The highest BCUT2D eigenvalue weighted by atomic mass is 35.5. The maximum atomic E-state index is 13.0. The number of aliphatic hydroxyl groups is 1. The van der Waals surface area contributed by atoms with Gasteiger partial charge in [0.25, 0.3) is 5.56 Å². The lowest BCUT2D eigenvalue weighted by atomic mass is 10.2. The van der Waals surface area contributed by atoms with E-state index in [0.717, 1.165) is 16.6 Å². The summed E-state index contributed by atoms with van der Waals surface area (Å²) in [5, 5.41) is 11.8. The van der Waals surface area contributed by atoms with Crippen LogP contribution in [0.25, 0.3) is 11.0 Å². The molecular weight excluding hydrogens is 464 g/mol. The fourth-order valence-corrected chi connectivity index (χ4v) is 4.40. The van der Waals surface area contributed by atoms with Gasteiger partial charge in [-0.2, -0.15) is 0 Å². The van der Waals surface area contributed by atoms with Crippen molar-refractivity contribution in [2.24, 2.45) is 7.05 Å². The number of benzene rings is 1. The minimum atomic E-state index is -0.782. The molecule has 2 heterocycles. The van der Waals surface area contributed by atoms with E-state index in [9.17, 15) is 14.7 Å². The highest BCUT2D eigenvalue weighted by molar-refractivity contribution is 7.99. The van der Waals surface area contributed by atoms with E-state index in [1.807, 2.05) is 39.0 Å². The van der Waals surface area contributed by atoms with E-state index in [1.165, 1.54) is 23.4 Å². The maximum Gasteiger partial charge on any atom is 0.332 e. The third kappa shape index (κ3) is 5.84. The second-order valence-corrected chi connectivity index (χ2v) is 9.53. The van der Waals surface area contributed by atoms with Crippen LogP contribution in [0.4, 0.5) is 0 Å². The normalized spacial score (nSPS) is 12.6. The highest BCUT2D eigenvalue weighted by Crippen LogP contribution is 2.25. The lowest BCUT2D eigenvalue weighted by molar-refractivity contribution is 0.0398. The van der Waals surface area contributed by atoms with Gasteiger partial charge in [-0.15, -0.1) is 11.8 Å². The predicted molar refractivity (Wildman–Crippen MR) is 131 cm³/mol. The molecule has 0 amide bonds. The standard InChI is InChI=1S/C23H29ClN4O4S/c1-5-10-28-20-18(22(30)27(4)23(28)31)21(26-19(25-20)14(2)3)33-13-16(29)12-32-11-15-8-6-7-9-17(15)24/h6-9,14,16,29H,5,10-13H2,1-4H3/t16-/m0/s1. The molecule has 3 rings (SSSR count). The molecule has 1 atom stereocenters. The van der Waals surface area contributed by atoms with Gasteiger partial charge in [-0.25, -0.2) is 14.8 Å². The van der Waals surface area contributed by atoms with E-state index in [1.54, 1.807) is 6.07 Å². The van der Waals surface area contributed by atoms with Crippen molar-refractivity contribution in [3.05, 3.63) is 61.5 Å². The smallest absolute Gasteiger partial charge is 0.332 e. The van der Waals surface area contributed by atoms with Crippen molar-refractivity contribution >= 4 is 34.4 Å². The predicted octanol–water partition coefficient (Wildman–Crippen LogP) is 3.35. The van der Waals surface area contributed by atoms with Crippen LogP contribution in [0.2, 0.25) is 5.02 Å². The fourth-order valence-electron chi connectivity index (χ4n) is 3.29. The minimum absolute atomic E-state index is 0.00636. The van der Waals surface area contributed by atoms with Crippen molar-refractivity contribution in [1.29, 1.82) is 0 Å². The number of hydrogen-bond donors (Lipinski definition) is 1. The number of fused-ring (bicyclic) bond motifs is 1. The molecule has 0 saturated heterocycles. The Morgan fingerprint density at radius 1 is 1.21 bits per heavy atom. The Hall–Kier alpha value is -2.20. The summed E-state index contributed by atoms with van der Waals surface area (Å²) in [6.45, 7) is 6.71. The van der Waals surface area contributed by atoms with Gasteiger partial charge in [0.2, 0.25) is 0 Å². The molecule has 33 heavy (non-hydrogen) atoms. The Morgan fingerprint density at radius 2 is 1.94 bits per heavy atom. The molecule has 0 fully saturated rings. The van der Waals surface area contributed by atoms with Gasteiger partial charge < -0.3 is 9.84 Å². The largest absolute Gasteiger partial charge is 0.390 e. The maximum absolute atomic E-state index is 13.0. The molecule has 0 aliphatic heterocycles. The molecule has 8 nitrogen and oxygen atoms in total. The zero-order valence-electron chi connectivity index (χ0n) is 19.2. The topological polar surface area (TPSA) is 99.2 Å². The third-order valence-corrected chi connectivity index (χ3v) is 6.56. The molecule has 0 aliphatic rings. The van der Waals surface area contributed by atoms with E-state index in [0.29, 0.717) is 40.1 Å². The van der Waals surface area contributed by atoms with E-state index in [2.05, 4.69) is 9.97 Å². The summed E-state index contributed by atoms with van der Waals surface area (Å²) < 4.78 is 8.23. The second kappa shape index (κ2) is 11.3. The minimum Gasteiger partial charge on any atom is -0.390 e. The van der Waals surface area contributed by atoms with E-state index < -0.39 is 17.4 Å². The van der Waals surface area contributed by atoms with Crippen LogP contribution in [-0.2, 0) is 24.9 Å². The molecule has 3 aromatic rings. The van der Waals surface area contributed by atoms with Crippen LogP contribution in [0, 0.1) is 0 Å². The number of aromatic nitrogens is 4. The van der Waals surface area contributed by atoms with Gasteiger partial charge in [0.1, 0.15) is 16.2 Å². The summed E-state index contributed by atoms with van der Waals surface area (Å²) in [6.07, 6.45) is -0.0616. The monoisotopic (exact) mass is 492 g/mol. The second-order valence-electron chi connectivity index (χ2n) is 8.11. The van der Waals surface area contributed by atoms with Crippen LogP contribution in [0.15, 0.2) is 38.9 Å². The molecule has 1 N–H and O–H groups in total.